The van der Waals surface area contributed by atoms with Crippen LogP contribution in [0.15, 0.2) is 17.5 Å². The largest absolute Gasteiger partial charge is 0.507 e. The summed E-state index contributed by atoms with van der Waals surface area (Å²) in [5.41, 5.74) is 3.97. The normalized spacial score (nSPS) is 11.4. The van der Waals surface area contributed by atoms with Crippen molar-refractivity contribution in [2.24, 2.45) is 0 Å². The number of hydrogen-bond donors (Lipinski definition) is 1. The Labute approximate surface area is 116 Å². The lowest BCUT2D eigenvalue weighted by Crippen LogP contribution is -1.85. The number of aromatic hydroxyl groups is 1. The molecule has 0 bridgehead atoms. The molecular weight excluding hydrogens is 256 g/mol. The van der Waals surface area contributed by atoms with Gasteiger partial charge in [0.25, 0.3) is 0 Å². The van der Waals surface area contributed by atoms with Crippen molar-refractivity contribution in [2.75, 3.05) is 0 Å². The van der Waals surface area contributed by atoms with Gasteiger partial charge < -0.3 is 5.11 Å². The number of nitriles is 1. The molecule has 2 aromatic rings. The number of aryl methyl sites for hydroxylation is 3. The molecule has 0 saturated heterocycles. The number of rotatable bonds is 2. The summed E-state index contributed by atoms with van der Waals surface area (Å²) in [5, 5.41) is 21.6. The fourth-order valence-corrected chi connectivity index (χ4v) is 2.62. The van der Waals surface area contributed by atoms with Gasteiger partial charge in [0, 0.05) is 11.1 Å². The van der Waals surface area contributed by atoms with Gasteiger partial charge in [-0.05, 0) is 55.7 Å². The molecule has 0 radical (unpaired) electrons. The van der Waals surface area contributed by atoms with Crippen molar-refractivity contribution in [1.82, 2.24) is 4.98 Å². The number of hydrogen-bond acceptors (Lipinski definition) is 4. The number of nitrogens with zero attached hydrogens (tertiary/aromatic N) is 2. The highest BCUT2D eigenvalue weighted by atomic mass is 32.1. The van der Waals surface area contributed by atoms with Crippen LogP contribution in [0.3, 0.4) is 0 Å². The van der Waals surface area contributed by atoms with Crippen molar-refractivity contribution < 1.29 is 5.11 Å². The van der Waals surface area contributed by atoms with Crippen molar-refractivity contribution in [3.05, 3.63) is 44.9 Å². The van der Waals surface area contributed by atoms with Crippen LogP contribution >= 0.6 is 11.3 Å². The maximum Gasteiger partial charge on any atom is 0.134 e. The molecule has 0 fully saturated rings. The molecule has 0 aliphatic carbocycles. The third kappa shape index (κ3) is 2.83. The molecule has 2 rings (SSSR count). The lowest BCUT2D eigenvalue weighted by Gasteiger charge is -2.05. The molecule has 0 amide bonds. The van der Waals surface area contributed by atoms with Gasteiger partial charge in [-0.15, -0.1) is 11.3 Å². The van der Waals surface area contributed by atoms with Gasteiger partial charge in [-0.2, -0.15) is 5.26 Å². The lowest BCUT2D eigenvalue weighted by molar-refractivity contribution is 0.467. The Morgan fingerprint density at radius 3 is 2.42 bits per heavy atom. The van der Waals surface area contributed by atoms with E-state index in [4.69, 9.17) is 0 Å². The molecule has 0 unspecified atom stereocenters. The van der Waals surface area contributed by atoms with E-state index >= 15 is 0 Å². The number of benzene rings is 1. The zero-order chi connectivity index (χ0) is 14.0. The highest BCUT2D eigenvalue weighted by Crippen LogP contribution is 2.26. The molecule has 3 nitrogen and oxygen atoms in total. The number of phenolic OH excluding ortho intramolecular Hbond substituents is 1. The first-order chi connectivity index (χ1) is 9.01. The second kappa shape index (κ2) is 5.25. The van der Waals surface area contributed by atoms with E-state index in [-0.39, 0.29) is 0 Å². The van der Waals surface area contributed by atoms with Crippen LogP contribution in [-0.2, 0) is 0 Å². The van der Waals surface area contributed by atoms with Gasteiger partial charge in [-0.3, -0.25) is 0 Å². The summed E-state index contributed by atoms with van der Waals surface area (Å²) < 4.78 is 0. The van der Waals surface area contributed by atoms with E-state index in [1.165, 1.54) is 11.3 Å². The quantitative estimate of drug-likeness (QED) is 0.843. The first-order valence-corrected chi connectivity index (χ1v) is 6.73. The zero-order valence-corrected chi connectivity index (χ0v) is 11.9. The standard InChI is InChI=1S/C15H14N2OS/c1-9-4-12(5-10(2)14(9)18)6-13(7-16)15-17-11(3)8-19-15/h4-6,8,18H,1-3H3/b13-6+. The molecule has 0 aliphatic heterocycles. The van der Waals surface area contributed by atoms with Crippen molar-refractivity contribution in [1.29, 1.82) is 5.26 Å². The van der Waals surface area contributed by atoms with Crippen molar-refractivity contribution in [3.8, 4) is 11.8 Å². The van der Waals surface area contributed by atoms with Crippen LogP contribution in [0, 0.1) is 32.1 Å². The van der Waals surface area contributed by atoms with E-state index in [2.05, 4.69) is 11.1 Å². The summed E-state index contributed by atoms with van der Waals surface area (Å²) in [6.07, 6.45) is 1.80. The van der Waals surface area contributed by atoms with Gasteiger partial charge in [0.15, 0.2) is 0 Å². The predicted molar refractivity (Wildman–Crippen MR) is 77.9 cm³/mol. The van der Waals surface area contributed by atoms with Crippen molar-refractivity contribution in [3.63, 3.8) is 0 Å². The predicted octanol–water partition coefficient (Wildman–Crippen LogP) is 3.84. The van der Waals surface area contributed by atoms with Crippen LogP contribution in [0.5, 0.6) is 5.75 Å². The molecule has 96 valence electrons. The zero-order valence-electron chi connectivity index (χ0n) is 11.1. The number of allylic oxidation sites excluding steroid dienone is 1. The van der Waals surface area contributed by atoms with Crippen molar-refractivity contribution in [2.45, 2.75) is 20.8 Å². The van der Waals surface area contributed by atoms with Crippen LogP contribution in [0.4, 0.5) is 0 Å². The molecule has 1 heterocycles. The number of thiazole rings is 1. The minimum absolute atomic E-state index is 0.306. The first-order valence-electron chi connectivity index (χ1n) is 5.85. The highest BCUT2D eigenvalue weighted by Gasteiger charge is 2.07. The summed E-state index contributed by atoms with van der Waals surface area (Å²) >= 11 is 1.46. The van der Waals surface area contributed by atoms with Gasteiger partial charge in [-0.1, -0.05) is 0 Å². The molecule has 1 N–H and O–H groups in total. The summed E-state index contributed by atoms with van der Waals surface area (Å²) in [7, 11) is 0. The van der Waals surface area contributed by atoms with Gasteiger partial charge in [0.1, 0.15) is 16.8 Å². The average Bonchev–Trinajstić information content (AvgIpc) is 2.79. The maximum absolute atomic E-state index is 9.75. The maximum atomic E-state index is 9.75. The van der Waals surface area contributed by atoms with Crippen LogP contribution in [-0.4, -0.2) is 10.1 Å². The third-order valence-electron chi connectivity index (χ3n) is 2.79. The van der Waals surface area contributed by atoms with E-state index in [0.717, 1.165) is 27.4 Å². The third-order valence-corrected chi connectivity index (χ3v) is 3.79. The Morgan fingerprint density at radius 2 is 1.95 bits per heavy atom. The Hall–Kier alpha value is -2.12. The van der Waals surface area contributed by atoms with Crippen LogP contribution in [0.1, 0.15) is 27.4 Å². The van der Waals surface area contributed by atoms with Gasteiger partial charge >= 0.3 is 0 Å². The lowest BCUT2D eigenvalue weighted by atomic mass is 10.0. The molecule has 1 aromatic carbocycles. The summed E-state index contributed by atoms with van der Waals surface area (Å²) in [5.74, 6) is 0.306. The van der Waals surface area contributed by atoms with E-state index in [9.17, 15) is 10.4 Å². The van der Waals surface area contributed by atoms with E-state index in [1.807, 2.05) is 38.3 Å². The minimum atomic E-state index is 0.306. The number of aromatic nitrogens is 1. The van der Waals surface area contributed by atoms with Crippen LogP contribution < -0.4 is 0 Å². The van der Waals surface area contributed by atoms with Gasteiger partial charge in [-0.25, -0.2) is 4.98 Å². The Morgan fingerprint density at radius 1 is 1.32 bits per heavy atom. The van der Waals surface area contributed by atoms with E-state index in [1.54, 1.807) is 6.08 Å². The topological polar surface area (TPSA) is 56.9 Å². The van der Waals surface area contributed by atoms with E-state index < -0.39 is 0 Å². The molecule has 1 aromatic heterocycles. The average molecular weight is 270 g/mol. The molecule has 19 heavy (non-hydrogen) atoms. The van der Waals surface area contributed by atoms with E-state index in [0.29, 0.717) is 11.3 Å². The molecule has 0 spiro atoms. The van der Waals surface area contributed by atoms with Gasteiger partial charge in [0.2, 0.25) is 0 Å². The molecule has 0 atom stereocenters. The Balaban J connectivity index is 2.47. The Kier molecular flexibility index (Phi) is 3.68. The summed E-state index contributed by atoms with van der Waals surface area (Å²) in [4.78, 5) is 4.32. The first kappa shape index (κ1) is 13.3. The fourth-order valence-electron chi connectivity index (χ4n) is 1.86. The second-order valence-electron chi connectivity index (χ2n) is 4.47. The van der Waals surface area contributed by atoms with Crippen LogP contribution in [0.25, 0.3) is 11.6 Å². The van der Waals surface area contributed by atoms with Crippen LogP contribution in [0.2, 0.25) is 0 Å². The molecule has 4 heteroatoms. The summed E-state index contributed by atoms with van der Waals surface area (Å²) in [6, 6.07) is 5.90. The second-order valence-corrected chi connectivity index (χ2v) is 5.33. The molecular formula is C15H14N2OS. The highest BCUT2D eigenvalue weighted by molar-refractivity contribution is 7.11. The minimum Gasteiger partial charge on any atom is -0.507 e. The monoisotopic (exact) mass is 270 g/mol. The molecule has 0 saturated carbocycles. The fraction of sp³-hybridized carbons (Fsp3) is 0.200. The molecule has 0 aliphatic rings. The number of phenols is 1. The van der Waals surface area contributed by atoms with Crippen molar-refractivity contribution >= 4 is 23.0 Å². The van der Waals surface area contributed by atoms with Gasteiger partial charge in [0.05, 0.1) is 5.57 Å². The summed E-state index contributed by atoms with van der Waals surface area (Å²) in [6.45, 7) is 5.60. The smallest absolute Gasteiger partial charge is 0.134 e. The SMILES string of the molecule is Cc1csc(/C(C#N)=C/c2cc(C)c(O)c(C)c2)n1. The Bertz CT molecular complexity index is 669.